The molecule has 26 heavy (non-hydrogen) atoms. The van der Waals surface area contributed by atoms with Crippen molar-refractivity contribution < 1.29 is 9.59 Å². The van der Waals surface area contributed by atoms with Gasteiger partial charge in [-0.2, -0.15) is 0 Å². The summed E-state index contributed by atoms with van der Waals surface area (Å²) < 4.78 is 0. The third-order valence-corrected chi connectivity index (χ3v) is 5.15. The van der Waals surface area contributed by atoms with Crippen molar-refractivity contribution in [2.45, 2.75) is 25.7 Å². The first-order valence-corrected chi connectivity index (χ1v) is 9.32. The van der Waals surface area contributed by atoms with Gasteiger partial charge in [0.05, 0.1) is 15.7 Å². The van der Waals surface area contributed by atoms with Crippen molar-refractivity contribution in [3.05, 3.63) is 57.8 Å². The number of rotatable bonds is 3. The average Bonchev–Trinajstić information content (AvgIpc) is 2.94. The first-order valence-electron chi connectivity index (χ1n) is 8.57. The SMILES string of the molecule is O=C(Nc1cccc(Cl)c1Cl)c1cc(C(=O)N2CCCCCC2)ccn1. The van der Waals surface area contributed by atoms with Gasteiger partial charge in [0.25, 0.3) is 11.8 Å². The molecule has 1 aromatic heterocycles. The van der Waals surface area contributed by atoms with Gasteiger partial charge in [-0.05, 0) is 37.1 Å². The molecular formula is C19H19Cl2N3O2. The highest BCUT2D eigenvalue weighted by atomic mass is 35.5. The first kappa shape index (κ1) is 18.7. The smallest absolute Gasteiger partial charge is 0.274 e. The number of benzene rings is 1. The molecule has 1 aromatic carbocycles. The van der Waals surface area contributed by atoms with E-state index in [0.29, 0.717) is 16.3 Å². The summed E-state index contributed by atoms with van der Waals surface area (Å²) >= 11 is 12.1. The quantitative estimate of drug-likeness (QED) is 0.827. The maximum absolute atomic E-state index is 12.7. The largest absolute Gasteiger partial charge is 0.339 e. The highest BCUT2D eigenvalue weighted by Crippen LogP contribution is 2.29. The topological polar surface area (TPSA) is 62.3 Å². The van der Waals surface area contributed by atoms with Gasteiger partial charge in [0, 0.05) is 24.8 Å². The van der Waals surface area contributed by atoms with Crippen LogP contribution >= 0.6 is 23.2 Å². The van der Waals surface area contributed by atoms with E-state index in [-0.39, 0.29) is 16.6 Å². The van der Waals surface area contributed by atoms with E-state index in [1.807, 2.05) is 4.90 Å². The molecular weight excluding hydrogens is 373 g/mol. The Bertz CT molecular complexity index is 818. The molecule has 0 atom stereocenters. The van der Waals surface area contributed by atoms with Gasteiger partial charge in [-0.1, -0.05) is 42.1 Å². The number of pyridine rings is 1. The third kappa shape index (κ3) is 4.34. The Kier molecular flexibility index (Phi) is 6.12. The van der Waals surface area contributed by atoms with Crippen LogP contribution in [0.4, 0.5) is 5.69 Å². The van der Waals surface area contributed by atoms with E-state index in [1.54, 1.807) is 24.3 Å². The van der Waals surface area contributed by atoms with Crippen LogP contribution in [0, 0.1) is 0 Å². The van der Waals surface area contributed by atoms with Gasteiger partial charge in [-0.15, -0.1) is 0 Å². The van der Waals surface area contributed by atoms with E-state index >= 15 is 0 Å². The molecule has 5 nitrogen and oxygen atoms in total. The van der Waals surface area contributed by atoms with E-state index in [2.05, 4.69) is 10.3 Å². The number of nitrogens with zero attached hydrogens (tertiary/aromatic N) is 2. The van der Waals surface area contributed by atoms with Gasteiger partial charge in [-0.3, -0.25) is 14.6 Å². The minimum absolute atomic E-state index is 0.0656. The summed E-state index contributed by atoms with van der Waals surface area (Å²) in [5.41, 5.74) is 1.01. The van der Waals surface area contributed by atoms with E-state index in [1.165, 1.54) is 12.3 Å². The first-order chi connectivity index (χ1) is 12.6. The number of anilines is 1. The van der Waals surface area contributed by atoms with Crippen LogP contribution in [0.3, 0.4) is 0 Å². The molecule has 2 aromatic rings. The lowest BCUT2D eigenvalue weighted by Crippen LogP contribution is -2.32. The molecule has 0 unspecified atom stereocenters. The van der Waals surface area contributed by atoms with Crippen LogP contribution in [0.5, 0.6) is 0 Å². The zero-order chi connectivity index (χ0) is 18.5. The molecule has 1 fully saturated rings. The van der Waals surface area contributed by atoms with Gasteiger partial charge in [0.1, 0.15) is 5.69 Å². The molecule has 0 spiro atoms. The summed E-state index contributed by atoms with van der Waals surface area (Å²) in [5, 5.41) is 3.29. The molecule has 7 heteroatoms. The molecule has 0 aliphatic carbocycles. The standard InChI is InChI=1S/C19H19Cl2N3O2/c20-14-6-5-7-15(17(14)21)23-18(25)16-12-13(8-9-22-16)19(26)24-10-3-1-2-4-11-24/h5-9,12H,1-4,10-11H2,(H,23,25). The second-order valence-electron chi connectivity index (χ2n) is 6.19. The van der Waals surface area contributed by atoms with Gasteiger partial charge in [0.15, 0.2) is 0 Å². The van der Waals surface area contributed by atoms with Crippen LogP contribution in [0.1, 0.15) is 46.5 Å². The minimum atomic E-state index is -0.445. The highest BCUT2D eigenvalue weighted by Gasteiger charge is 2.19. The summed E-state index contributed by atoms with van der Waals surface area (Å²) in [6, 6.07) is 8.13. The maximum Gasteiger partial charge on any atom is 0.274 e. The third-order valence-electron chi connectivity index (χ3n) is 4.33. The number of likely N-dealkylation sites (tertiary alicyclic amines) is 1. The van der Waals surface area contributed by atoms with Crippen LogP contribution in [0.25, 0.3) is 0 Å². The zero-order valence-electron chi connectivity index (χ0n) is 14.2. The molecule has 0 radical (unpaired) electrons. The number of aromatic nitrogens is 1. The van der Waals surface area contributed by atoms with Crippen molar-refractivity contribution in [3.63, 3.8) is 0 Å². The Labute approximate surface area is 162 Å². The summed E-state index contributed by atoms with van der Waals surface area (Å²) in [6.07, 6.45) is 5.79. The number of amides is 2. The Morgan fingerprint density at radius 3 is 2.50 bits per heavy atom. The van der Waals surface area contributed by atoms with Crippen LogP contribution in [-0.4, -0.2) is 34.8 Å². The second kappa shape index (κ2) is 8.52. The lowest BCUT2D eigenvalue weighted by Gasteiger charge is -2.20. The summed E-state index contributed by atoms with van der Waals surface area (Å²) in [6.45, 7) is 1.50. The predicted molar refractivity (Wildman–Crippen MR) is 103 cm³/mol. The Morgan fingerprint density at radius 1 is 1.04 bits per heavy atom. The van der Waals surface area contributed by atoms with Gasteiger partial charge >= 0.3 is 0 Å². The lowest BCUT2D eigenvalue weighted by atomic mass is 10.2. The fourth-order valence-corrected chi connectivity index (χ4v) is 3.28. The number of halogens is 2. The lowest BCUT2D eigenvalue weighted by molar-refractivity contribution is 0.0761. The monoisotopic (exact) mass is 391 g/mol. The molecule has 136 valence electrons. The molecule has 1 aliphatic heterocycles. The maximum atomic E-state index is 12.7. The van der Waals surface area contributed by atoms with Crippen molar-refractivity contribution in [2.75, 3.05) is 18.4 Å². The molecule has 0 saturated carbocycles. The number of hydrogen-bond acceptors (Lipinski definition) is 3. The summed E-state index contributed by atoms with van der Waals surface area (Å²) in [7, 11) is 0. The van der Waals surface area contributed by atoms with Crippen molar-refractivity contribution in [3.8, 4) is 0 Å². The Hall–Kier alpha value is -2.11. The van der Waals surface area contributed by atoms with E-state index in [4.69, 9.17) is 23.2 Å². The molecule has 1 aliphatic rings. The number of nitrogens with one attached hydrogen (secondary N) is 1. The molecule has 3 rings (SSSR count). The van der Waals surface area contributed by atoms with Crippen LogP contribution in [0.15, 0.2) is 36.5 Å². The summed E-state index contributed by atoms with van der Waals surface area (Å²) in [4.78, 5) is 31.1. The Balaban J connectivity index is 1.76. The fourth-order valence-electron chi connectivity index (χ4n) is 2.93. The fraction of sp³-hybridized carbons (Fsp3) is 0.316. The minimum Gasteiger partial charge on any atom is -0.339 e. The van der Waals surface area contributed by atoms with E-state index < -0.39 is 5.91 Å². The number of hydrogen-bond donors (Lipinski definition) is 1. The molecule has 2 heterocycles. The van der Waals surface area contributed by atoms with Crippen LogP contribution in [0.2, 0.25) is 10.0 Å². The highest BCUT2D eigenvalue weighted by molar-refractivity contribution is 6.44. The predicted octanol–water partition coefficient (Wildman–Crippen LogP) is 4.66. The van der Waals surface area contributed by atoms with Crippen molar-refractivity contribution in [1.82, 2.24) is 9.88 Å². The molecule has 1 N–H and O–H groups in total. The van der Waals surface area contributed by atoms with Crippen LogP contribution < -0.4 is 5.32 Å². The zero-order valence-corrected chi connectivity index (χ0v) is 15.7. The normalized spacial score (nSPS) is 14.6. The van der Waals surface area contributed by atoms with Crippen molar-refractivity contribution in [2.24, 2.45) is 0 Å². The van der Waals surface area contributed by atoms with E-state index in [0.717, 1.165) is 38.8 Å². The number of carbonyl (C=O) groups is 2. The second-order valence-corrected chi connectivity index (χ2v) is 6.98. The van der Waals surface area contributed by atoms with Gasteiger partial charge in [-0.25, -0.2) is 0 Å². The average molecular weight is 392 g/mol. The van der Waals surface area contributed by atoms with E-state index in [9.17, 15) is 9.59 Å². The van der Waals surface area contributed by atoms with Crippen molar-refractivity contribution >= 4 is 40.7 Å². The van der Waals surface area contributed by atoms with Gasteiger partial charge < -0.3 is 10.2 Å². The van der Waals surface area contributed by atoms with Crippen LogP contribution in [-0.2, 0) is 0 Å². The Morgan fingerprint density at radius 2 is 1.77 bits per heavy atom. The van der Waals surface area contributed by atoms with Crippen molar-refractivity contribution in [1.29, 1.82) is 0 Å². The summed E-state index contributed by atoms with van der Waals surface area (Å²) in [5.74, 6) is -0.510. The molecule has 0 bridgehead atoms. The molecule has 2 amide bonds. The van der Waals surface area contributed by atoms with Gasteiger partial charge in [0.2, 0.25) is 0 Å². The molecule has 1 saturated heterocycles. The number of carbonyl (C=O) groups excluding carboxylic acids is 2.